The number of rotatable bonds is 2. The molecule has 0 aliphatic heterocycles. The molecule has 0 fully saturated rings. The van der Waals surface area contributed by atoms with Crippen molar-refractivity contribution in [2.24, 2.45) is 0 Å². The Hall–Kier alpha value is -0.228. The Bertz CT molecular complexity index is 137. The van der Waals surface area contributed by atoms with Crippen LogP contribution in [-0.2, 0) is 22.1 Å². The van der Waals surface area contributed by atoms with Gasteiger partial charge >= 0.3 is 0 Å². The molecule has 0 atom stereocenters. The Labute approximate surface area is 64.9 Å². The summed E-state index contributed by atoms with van der Waals surface area (Å²) in [6.45, 7) is 2.52. The van der Waals surface area contributed by atoms with Crippen LogP contribution in [0.2, 0.25) is 0 Å². The minimum absolute atomic E-state index is 0. The van der Waals surface area contributed by atoms with Crippen LogP contribution in [0.15, 0.2) is 22.8 Å². The fourth-order valence-corrected chi connectivity index (χ4v) is 0.437. The molecule has 1 aromatic heterocycles. The topological polar surface area (TPSA) is 22.4 Å². The third-order valence-electron chi connectivity index (χ3n) is 0.724. The standard InChI is InChI=1S/C6H6O2.Cr/c1-7-5-6-3-2-4-8-6;/h2-4H,1H3;. The molecule has 0 aliphatic rings. The maximum atomic E-state index is 4.84. The summed E-state index contributed by atoms with van der Waals surface area (Å²) in [5.41, 5.74) is 0. The predicted octanol–water partition coefficient (Wildman–Crippen LogP) is 1.31. The van der Waals surface area contributed by atoms with Crippen LogP contribution in [0, 0.1) is 6.61 Å². The molecule has 9 heavy (non-hydrogen) atoms. The first-order valence-corrected chi connectivity index (χ1v) is 2.26. The summed E-state index contributed by atoms with van der Waals surface area (Å²) >= 11 is 0. The van der Waals surface area contributed by atoms with Gasteiger partial charge in [0.2, 0.25) is 6.61 Å². The van der Waals surface area contributed by atoms with Crippen molar-refractivity contribution in [3.05, 3.63) is 30.8 Å². The maximum Gasteiger partial charge on any atom is 0.204 e. The number of hydrogen-bond donors (Lipinski definition) is 0. The van der Waals surface area contributed by atoms with E-state index in [-0.39, 0.29) is 17.4 Å². The van der Waals surface area contributed by atoms with Crippen LogP contribution < -0.4 is 0 Å². The molecular weight excluding hydrogens is 156 g/mol. The van der Waals surface area contributed by atoms with Gasteiger partial charge in [-0.2, -0.15) is 0 Å². The van der Waals surface area contributed by atoms with Crippen molar-refractivity contribution in [3.8, 4) is 0 Å². The Morgan fingerprint density at radius 3 is 2.89 bits per heavy atom. The third kappa shape index (κ3) is 2.71. The summed E-state index contributed by atoms with van der Waals surface area (Å²) in [7, 11) is 1.53. The van der Waals surface area contributed by atoms with Crippen molar-refractivity contribution in [1.82, 2.24) is 0 Å². The average molecular weight is 162 g/mol. The largest absolute Gasteiger partial charge is 0.466 e. The van der Waals surface area contributed by atoms with Crippen LogP contribution in [-0.4, -0.2) is 7.11 Å². The molecule has 0 N–H and O–H groups in total. The predicted molar refractivity (Wildman–Crippen MR) is 28.1 cm³/mol. The van der Waals surface area contributed by atoms with Gasteiger partial charge in [-0.15, -0.1) is 0 Å². The third-order valence-corrected chi connectivity index (χ3v) is 0.724. The van der Waals surface area contributed by atoms with Gasteiger partial charge in [0.15, 0.2) is 0 Å². The molecule has 1 aromatic rings. The Balaban J connectivity index is 0.000000640. The second-order valence-electron chi connectivity index (χ2n) is 1.28. The summed E-state index contributed by atoms with van der Waals surface area (Å²) in [6.07, 6.45) is 1.57. The summed E-state index contributed by atoms with van der Waals surface area (Å²) < 4.78 is 9.38. The quantitative estimate of drug-likeness (QED) is 0.654. The van der Waals surface area contributed by atoms with Gasteiger partial charge in [-0.1, -0.05) is 0 Å². The van der Waals surface area contributed by atoms with Crippen LogP contribution in [0.25, 0.3) is 0 Å². The smallest absolute Gasteiger partial charge is 0.204 e. The van der Waals surface area contributed by atoms with E-state index < -0.39 is 0 Å². The summed E-state index contributed by atoms with van der Waals surface area (Å²) in [5.74, 6) is 0.618. The minimum atomic E-state index is 0. The average Bonchev–Trinajstić information content (AvgIpc) is 2.19. The summed E-state index contributed by atoms with van der Waals surface area (Å²) in [4.78, 5) is 0. The first kappa shape index (κ1) is 8.77. The molecule has 0 bridgehead atoms. The van der Waals surface area contributed by atoms with Gasteiger partial charge in [0, 0.05) is 24.5 Å². The van der Waals surface area contributed by atoms with E-state index in [0.29, 0.717) is 5.76 Å². The van der Waals surface area contributed by atoms with Crippen molar-refractivity contribution in [2.75, 3.05) is 7.11 Å². The van der Waals surface area contributed by atoms with Crippen molar-refractivity contribution < 1.29 is 26.5 Å². The molecule has 1 rings (SSSR count). The molecule has 0 spiro atoms. The molecule has 0 aliphatic carbocycles. The van der Waals surface area contributed by atoms with Gasteiger partial charge in [0.05, 0.1) is 6.26 Å². The molecule has 2 nitrogen and oxygen atoms in total. The van der Waals surface area contributed by atoms with Crippen LogP contribution in [0.3, 0.4) is 0 Å². The molecule has 2 radical (unpaired) electrons. The van der Waals surface area contributed by atoms with Crippen molar-refractivity contribution in [1.29, 1.82) is 0 Å². The second-order valence-corrected chi connectivity index (χ2v) is 1.28. The van der Waals surface area contributed by atoms with Gasteiger partial charge in [0.25, 0.3) is 0 Å². The zero-order valence-electron chi connectivity index (χ0n) is 4.96. The van der Waals surface area contributed by atoms with Crippen molar-refractivity contribution >= 4 is 0 Å². The zero-order chi connectivity index (χ0) is 5.82. The SMILES string of the molecule is CO[C]c1ccco1.[Cr]. The fourth-order valence-electron chi connectivity index (χ4n) is 0.437. The van der Waals surface area contributed by atoms with E-state index in [2.05, 4.69) is 11.3 Å². The summed E-state index contributed by atoms with van der Waals surface area (Å²) in [5, 5.41) is 0. The molecule has 0 aromatic carbocycles. The van der Waals surface area contributed by atoms with E-state index in [9.17, 15) is 0 Å². The summed E-state index contributed by atoms with van der Waals surface area (Å²) in [6, 6.07) is 3.55. The molecule has 48 valence electrons. The van der Waals surface area contributed by atoms with Crippen LogP contribution in [0.5, 0.6) is 0 Å². The maximum absolute atomic E-state index is 4.84. The second kappa shape index (κ2) is 4.63. The van der Waals surface area contributed by atoms with Gasteiger partial charge < -0.3 is 9.15 Å². The van der Waals surface area contributed by atoms with E-state index in [4.69, 9.17) is 4.42 Å². The molecule has 0 unspecified atom stereocenters. The number of hydrogen-bond acceptors (Lipinski definition) is 2. The first-order valence-electron chi connectivity index (χ1n) is 2.26. The van der Waals surface area contributed by atoms with Gasteiger partial charge in [0.1, 0.15) is 5.76 Å². The van der Waals surface area contributed by atoms with E-state index >= 15 is 0 Å². The van der Waals surface area contributed by atoms with Gasteiger partial charge in [-0.25, -0.2) is 0 Å². The molecule has 1 heterocycles. The first-order chi connectivity index (χ1) is 3.93. The Morgan fingerprint density at radius 1 is 1.67 bits per heavy atom. The van der Waals surface area contributed by atoms with E-state index in [1.54, 1.807) is 18.4 Å². The van der Waals surface area contributed by atoms with Crippen LogP contribution in [0.1, 0.15) is 5.76 Å². The minimum Gasteiger partial charge on any atom is -0.466 e. The van der Waals surface area contributed by atoms with Crippen LogP contribution in [0.4, 0.5) is 0 Å². The van der Waals surface area contributed by atoms with Crippen molar-refractivity contribution in [3.63, 3.8) is 0 Å². The normalized spacial score (nSPS) is 8.56. The molecule has 3 heteroatoms. The van der Waals surface area contributed by atoms with Gasteiger partial charge in [-0.05, 0) is 12.1 Å². The molecular formula is C6H6CrO2. The monoisotopic (exact) mass is 162 g/mol. The molecule has 0 amide bonds. The number of ether oxygens (including phenoxy) is 1. The van der Waals surface area contributed by atoms with Crippen molar-refractivity contribution in [2.45, 2.75) is 0 Å². The Morgan fingerprint density at radius 2 is 2.44 bits per heavy atom. The van der Waals surface area contributed by atoms with E-state index in [1.165, 1.54) is 7.11 Å². The Kier molecular flexibility index (Phi) is 4.52. The van der Waals surface area contributed by atoms with E-state index in [1.807, 2.05) is 0 Å². The molecule has 0 saturated heterocycles. The molecule has 0 saturated carbocycles. The zero-order valence-corrected chi connectivity index (χ0v) is 6.23. The number of furan rings is 1. The fraction of sp³-hybridized carbons (Fsp3) is 0.167. The van der Waals surface area contributed by atoms with Gasteiger partial charge in [-0.3, -0.25) is 0 Å². The van der Waals surface area contributed by atoms with Crippen LogP contribution >= 0.6 is 0 Å². The van der Waals surface area contributed by atoms with E-state index in [0.717, 1.165) is 0 Å². The number of methoxy groups -OCH3 is 1.